The molecule has 0 aromatic carbocycles. The van der Waals surface area contributed by atoms with Crippen LogP contribution in [0.1, 0.15) is 25.5 Å². The fourth-order valence-corrected chi connectivity index (χ4v) is 1.83. The summed E-state index contributed by atoms with van der Waals surface area (Å²) >= 11 is 0. The molecular weight excluding hydrogens is 246 g/mol. The highest BCUT2D eigenvalue weighted by molar-refractivity contribution is 5.01. The van der Waals surface area contributed by atoms with E-state index in [4.69, 9.17) is 5.11 Å². The predicted octanol–water partition coefficient (Wildman–Crippen LogP) is -0.418. The van der Waals surface area contributed by atoms with Crippen molar-refractivity contribution in [2.45, 2.75) is 26.3 Å². The molecule has 108 valence electrons. The number of nitrogens with one attached hydrogen (secondary N) is 1. The van der Waals surface area contributed by atoms with E-state index in [-0.39, 0.29) is 17.9 Å². The number of nitrogens with zero attached hydrogens (tertiary/aromatic N) is 2. The van der Waals surface area contributed by atoms with Crippen LogP contribution >= 0.6 is 0 Å². The summed E-state index contributed by atoms with van der Waals surface area (Å²) in [6.07, 6.45) is 1.92. The van der Waals surface area contributed by atoms with E-state index in [0.717, 1.165) is 24.0 Å². The van der Waals surface area contributed by atoms with Crippen LogP contribution in [-0.2, 0) is 20.6 Å². The molecular formula is C13H23N3O3. The zero-order chi connectivity index (χ0) is 14.4. The summed E-state index contributed by atoms with van der Waals surface area (Å²) in [5, 5.41) is 12.1. The second kappa shape index (κ2) is 7.25. The minimum absolute atomic E-state index is 0.212. The molecule has 19 heavy (non-hydrogen) atoms. The Bertz CT molecular complexity index is 519. The molecule has 0 amide bonds. The van der Waals surface area contributed by atoms with Gasteiger partial charge in [-0.05, 0) is 25.3 Å². The third kappa shape index (κ3) is 4.33. The molecule has 0 radical (unpaired) electrons. The van der Waals surface area contributed by atoms with E-state index < -0.39 is 0 Å². The molecule has 0 fully saturated rings. The topological polar surface area (TPSA) is 76.3 Å². The minimum Gasteiger partial charge on any atom is -0.396 e. The van der Waals surface area contributed by atoms with Crippen molar-refractivity contribution >= 4 is 0 Å². The van der Waals surface area contributed by atoms with Crippen molar-refractivity contribution in [2.75, 3.05) is 13.2 Å². The van der Waals surface area contributed by atoms with Crippen LogP contribution in [-0.4, -0.2) is 27.4 Å². The lowest BCUT2D eigenvalue weighted by atomic mass is 10.1. The van der Waals surface area contributed by atoms with Crippen molar-refractivity contribution in [3.8, 4) is 0 Å². The Morgan fingerprint density at radius 1 is 1.32 bits per heavy atom. The molecule has 1 aromatic heterocycles. The molecule has 6 nitrogen and oxygen atoms in total. The van der Waals surface area contributed by atoms with Crippen LogP contribution in [0.5, 0.6) is 0 Å². The smallest absolute Gasteiger partial charge is 0.330 e. The van der Waals surface area contributed by atoms with Gasteiger partial charge in [0.05, 0.1) is 0 Å². The number of aliphatic hydroxyl groups is 1. The number of aromatic nitrogens is 2. The molecule has 0 saturated heterocycles. The first-order valence-corrected chi connectivity index (χ1v) is 6.55. The summed E-state index contributed by atoms with van der Waals surface area (Å²) in [6, 6.07) is 1.48. The molecule has 0 bridgehead atoms. The first-order chi connectivity index (χ1) is 8.97. The van der Waals surface area contributed by atoms with Gasteiger partial charge in [-0.1, -0.05) is 6.92 Å². The molecule has 0 aliphatic rings. The standard InChI is InChI=1S/C13H23N3O3/c1-10(9-17)5-4-6-14-8-11-7-12(18)16(3)13(19)15(11)2/h7,10,14,17H,4-6,8-9H2,1-3H3. The van der Waals surface area contributed by atoms with E-state index in [9.17, 15) is 9.59 Å². The van der Waals surface area contributed by atoms with Gasteiger partial charge in [0.2, 0.25) is 0 Å². The Labute approximate surface area is 112 Å². The average molecular weight is 269 g/mol. The largest absolute Gasteiger partial charge is 0.396 e. The van der Waals surface area contributed by atoms with Crippen molar-refractivity contribution < 1.29 is 5.11 Å². The SMILES string of the molecule is CC(CO)CCCNCc1cc(=O)n(C)c(=O)n1C. The van der Waals surface area contributed by atoms with Crippen LogP contribution in [0, 0.1) is 5.92 Å². The van der Waals surface area contributed by atoms with Crippen LogP contribution < -0.4 is 16.6 Å². The third-order valence-corrected chi connectivity index (χ3v) is 3.29. The number of hydrogen-bond acceptors (Lipinski definition) is 4. The van der Waals surface area contributed by atoms with Crippen molar-refractivity contribution in [1.29, 1.82) is 0 Å². The lowest BCUT2D eigenvalue weighted by molar-refractivity contribution is 0.228. The Morgan fingerprint density at radius 3 is 2.63 bits per heavy atom. The van der Waals surface area contributed by atoms with Gasteiger partial charge in [0.25, 0.3) is 5.56 Å². The van der Waals surface area contributed by atoms with E-state index in [1.165, 1.54) is 17.7 Å². The quantitative estimate of drug-likeness (QED) is 0.659. The Kier molecular flexibility index (Phi) is 5.98. The molecule has 1 aromatic rings. The van der Waals surface area contributed by atoms with Crippen LogP contribution in [0.4, 0.5) is 0 Å². The van der Waals surface area contributed by atoms with Crippen molar-refractivity contribution in [3.63, 3.8) is 0 Å². The summed E-state index contributed by atoms with van der Waals surface area (Å²) in [6.45, 7) is 3.51. The maximum Gasteiger partial charge on any atom is 0.330 e. The van der Waals surface area contributed by atoms with Crippen molar-refractivity contribution in [3.05, 3.63) is 32.6 Å². The van der Waals surface area contributed by atoms with Gasteiger partial charge < -0.3 is 10.4 Å². The van der Waals surface area contributed by atoms with E-state index in [1.807, 2.05) is 6.92 Å². The highest BCUT2D eigenvalue weighted by Crippen LogP contribution is 2.02. The summed E-state index contributed by atoms with van der Waals surface area (Å²) < 4.78 is 2.57. The van der Waals surface area contributed by atoms with Crippen LogP contribution in [0.2, 0.25) is 0 Å². The highest BCUT2D eigenvalue weighted by atomic mass is 16.3. The van der Waals surface area contributed by atoms with Crippen molar-refractivity contribution in [1.82, 2.24) is 14.5 Å². The van der Waals surface area contributed by atoms with Crippen LogP contribution in [0.15, 0.2) is 15.7 Å². The fraction of sp³-hybridized carbons (Fsp3) is 0.692. The fourth-order valence-electron chi connectivity index (χ4n) is 1.83. The highest BCUT2D eigenvalue weighted by Gasteiger charge is 2.05. The van der Waals surface area contributed by atoms with E-state index in [2.05, 4.69) is 5.32 Å². The molecule has 6 heteroatoms. The number of aliphatic hydroxyl groups excluding tert-OH is 1. The second-order valence-electron chi connectivity index (χ2n) is 4.98. The summed E-state index contributed by atoms with van der Waals surface area (Å²) in [5.41, 5.74) is 0.0929. The second-order valence-corrected chi connectivity index (χ2v) is 4.98. The molecule has 1 rings (SSSR count). The van der Waals surface area contributed by atoms with E-state index in [0.29, 0.717) is 18.2 Å². The van der Waals surface area contributed by atoms with Crippen molar-refractivity contribution in [2.24, 2.45) is 20.0 Å². The Balaban J connectivity index is 2.51. The van der Waals surface area contributed by atoms with Gasteiger partial charge in [-0.2, -0.15) is 0 Å². The van der Waals surface area contributed by atoms with Gasteiger partial charge in [0.1, 0.15) is 0 Å². The predicted molar refractivity (Wildman–Crippen MR) is 74.1 cm³/mol. The van der Waals surface area contributed by atoms with Gasteiger partial charge in [-0.15, -0.1) is 0 Å². The third-order valence-electron chi connectivity index (χ3n) is 3.29. The molecule has 2 N–H and O–H groups in total. The molecule has 1 atom stereocenters. The van der Waals surface area contributed by atoms with E-state index in [1.54, 1.807) is 7.05 Å². The maximum atomic E-state index is 11.7. The normalized spacial score (nSPS) is 12.6. The molecule has 0 aliphatic carbocycles. The number of rotatable bonds is 7. The first-order valence-electron chi connectivity index (χ1n) is 6.55. The summed E-state index contributed by atoms with van der Waals surface area (Å²) in [7, 11) is 3.13. The van der Waals surface area contributed by atoms with Crippen LogP contribution in [0.3, 0.4) is 0 Å². The van der Waals surface area contributed by atoms with Gasteiger partial charge >= 0.3 is 5.69 Å². The van der Waals surface area contributed by atoms with Gasteiger partial charge in [0.15, 0.2) is 0 Å². The monoisotopic (exact) mass is 269 g/mol. The summed E-state index contributed by atoms with van der Waals surface area (Å²) in [5.74, 6) is 0.315. The number of hydrogen-bond donors (Lipinski definition) is 2. The molecule has 0 saturated carbocycles. The summed E-state index contributed by atoms with van der Waals surface area (Å²) in [4.78, 5) is 23.2. The Morgan fingerprint density at radius 2 is 2.00 bits per heavy atom. The molecule has 1 heterocycles. The van der Waals surface area contributed by atoms with Crippen LogP contribution in [0.25, 0.3) is 0 Å². The van der Waals surface area contributed by atoms with Gasteiger partial charge in [-0.25, -0.2) is 4.79 Å². The minimum atomic E-state index is -0.307. The molecule has 0 spiro atoms. The van der Waals surface area contributed by atoms with Gasteiger partial charge in [-0.3, -0.25) is 13.9 Å². The lowest BCUT2D eigenvalue weighted by Crippen LogP contribution is -2.39. The van der Waals surface area contributed by atoms with E-state index >= 15 is 0 Å². The molecule has 0 aliphatic heterocycles. The molecule has 1 unspecified atom stereocenters. The zero-order valence-corrected chi connectivity index (χ0v) is 11.8. The average Bonchev–Trinajstić information content (AvgIpc) is 2.41. The first kappa shape index (κ1) is 15.7. The maximum absolute atomic E-state index is 11.7. The zero-order valence-electron chi connectivity index (χ0n) is 11.8. The van der Waals surface area contributed by atoms with Gasteiger partial charge in [0, 0.05) is 39.0 Å². The Hall–Kier alpha value is -1.40. The lowest BCUT2D eigenvalue weighted by Gasteiger charge is -2.11.